The highest BCUT2D eigenvalue weighted by Gasteiger charge is 2.41. The predicted molar refractivity (Wildman–Crippen MR) is 134 cm³/mol. The van der Waals surface area contributed by atoms with E-state index >= 15 is 4.39 Å². The lowest BCUT2D eigenvalue weighted by atomic mass is 9.73. The summed E-state index contributed by atoms with van der Waals surface area (Å²) in [6.07, 6.45) is 2.88. The van der Waals surface area contributed by atoms with Gasteiger partial charge in [-0.15, -0.1) is 4.31 Å². The van der Waals surface area contributed by atoms with Gasteiger partial charge in [0.05, 0.1) is 12.0 Å². The summed E-state index contributed by atoms with van der Waals surface area (Å²) < 4.78 is 46.6. The molecule has 0 radical (unpaired) electrons. The van der Waals surface area contributed by atoms with Crippen LogP contribution in [0.15, 0.2) is 53.1 Å². The number of nitrogens with zero attached hydrogens (tertiary/aromatic N) is 3. The van der Waals surface area contributed by atoms with E-state index in [4.69, 9.17) is 14.0 Å². The van der Waals surface area contributed by atoms with Gasteiger partial charge in [0.15, 0.2) is 17.7 Å². The van der Waals surface area contributed by atoms with Crippen molar-refractivity contribution in [3.05, 3.63) is 82.8 Å². The van der Waals surface area contributed by atoms with Crippen molar-refractivity contribution < 1.29 is 27.7 Å². The highest BCUT2D eigenvalue weighted by Crippen LogP contribution is 2.41. The van der Waals surface area contributed by atoms with Crippen LogP contribution in [0.3, 0.4) is 0 Å². The molecule has 1 aromatic heterocycles. The number of carbonyl (C=O) groups excluding carboxylic acids is 1. The van der Waals surface area contributed by atoms with Gasteiger partial charge in [-0.25, -0.2) is 4.39 Å². The highest BCUT2D eigenvalue weighted by atomic mass is 32.2. The lowest BCUT2D eigenvalue weighted by Gasteiger charge is -2.36. The van der Waals surface area contributed by atoms with Crippen molar-refractivity contribution in [2.24, 2.45) is 0 Å². The molecule has 8 nitrogen and oxygen atoms in total. The van der Waals surface area contributed by atoms with Crippen LogP contribution in [0.2, 0.25) is 0 Å². The molecule has 3 aromatic rings. The van der Waals surface area contributed by atoms with Crippen molar-refractivity contribution in [3.8, 4) is 0 Å². The van der Waals surface area contributed by atoms with Crippen LogP contribution in [0, 0.1) is 5.82 Å². The molecular weight excluding hydrogens is 497 g/mol. The zero-order valence-corrected chi connectivity index (χ0v) is 21.5. The van der Waals surface area contributed by atoms with Crippen molar-refractivity contribution in [1.29, 1.82) is 0 Å². The first-order chi connectivity index (χ1) is 18.0. The van der Waals surface area contributed by atoms with Crippen LogP contribution in [0.25, 0.3) is 0 Å². The summed E-state index contributed by atoms with van der Waals surface area (Å²) in [7, 11) is 0. The van der Waals surface area contributed by atoms with E-state index in [0.717, 1.165) is 24.0 Å². The smallest absolute Gasteiger partial charge is 0.303 e. The Morgan fingerprint density at radius 1 is 1.24 bits per heavy atom. The first-order valence-corrected chi connectivity index (χ1v) is 13.7. The maximum absolute atomic E-state index is 15.5. The van der Waals surface area contributed by atoms with Gasteiger partial charge in [-0.1, -0.05) is 47.6 Å². The summed E-state index contributed by atoms with van der Waals surface area (Å²) in [6, 6.07) is 15.1. The topological polar surface area (TPSA) is 101 Å². The molecule has 10 heteroatoms. The molecule has 196 valence electrons. The van der Waals surface area contributed by atoms with E-state index in [1.165, 1.54) is 13.0 Å². The number of aromatic nitrogens is 2. The number of ether oxygens (including phenoxy) is 2. The molecule has 0 saturated carbocycles. The molecule has 0 spiro atoms. The molecule has 2 aliphatic heterocycles. The molecule has 37 heavy (non-hydrogen) atoms. The minimum Gasteiger partial charge on any atom is -0.597 e. The Morgan fingerprint density at radius 3 is 2.76 bits per heavy atom. The summed E-state index contributed by atoms with van der Waals surface area (Å²) in [5.41, 5.74) is 1.61. The van der Waals surface area contributed by atoms with Crippen LogP contribution in [0.4, 0.5) is 4.39 Å². The molecule has 3 heterocycles. The van der Waals surface area contributed by atoms with Gasteiger partial charge >= 0.3 is 5.97 Å². The minimum absolute atomic E-state index is 0.0813. The van der Waals surface area contributed by atoms with E-state index in [1.807, 2.05) is 40.7 Å². The Bertz CT molecular complexity index is 1220. The predicted octanol–water partition coefficient (Wildman–Crippen LogP) is 4.37. The largest absolute Gasteiger partial charge is 0.597 e. The minimum atomic E-state index is -1.24. The van der Waals surface area contributed by atoms with Crippen LogP contribution in [-0.2, 0) is 44.2 Å². The summed E-state index contributed by atoms with van der Waals surface area (Å²) in [4.78, 5) is 15.6. The van der Waals surface area contributed by atoms with Crippen LogP contribution >= 0.6 is 0 Å². The van der Waals surface area contributed by atoms with E-state index in [2.05, 4.69) is 10.1 Å². The molecule has 0 bridgehead atoms. The van der Waals surface area contributed by atoms with Gasteiger partial charge in [0, 0.05) is 55.6 Å². The molecule has 5 rings (SSSR count). The Morgan fingerprint density at radius 2 is 2.03 bits per heavy atom. The summed E-state index contributed by atoms with van der Waals surface area (Å²) in [5, 5.41) is 4.07. The van der Waals surface area contributed by atoms with Crippen LogP contribution in [0.5, 0.6) is 0 Å². The standard InChI is InChI=1S/C27H30FN3O5S/c1-19(32)35-18-25-29-26(30-36-25)27(11-14-34-15-12-27)22-10-9-21(23(28)16-22)17-31-13-5-8-24(37(31)33)20-6-3-2-4-7-20/h2-4,6-7,9-10,16,24H,5,8,11-15,17-18H2,1H3/t24-,37?/m1/s1. The average molecular weight is 528 g/mol. The fourth-order valence-corrected chi connectivity index (χ4v) is 6.81. The maximum atomic E-state index is 15.5. The maximum Gasteiger partial charge on any atom is 0.303 e. The van der Waals surface area contributed by atoms with Crippen LogP contribution in [-0.4, -0.2) is 44.7 Å². The Balaban J connectivity index is 1.36. The fraction of sp³-hybridized carbons (Fsp3) is 0.444. The SMILES string of the molecule is CC(=O)OCc1nc(C2(c3ccc(CN4CCC[C@H](c5ccccc5)[S+]4[O-])c(F)c3)CCOCC2)no1. The monoisotopic (exact) mass is 527 g/mol. The second-order valence-corrected chi connectivity index (χ2v) is 11.1. The van der Waals surface area contributed by atoms with E-state index in [0.29, 0.717) is 44.0 Å². The van der Waals surface area contributed by atoms with Gasteiger partial charge in [-0.2, -0.15) is 4.98 Å². The molecule has 2 fully saturated rings. The first kappa shape index (κ1) is 25.8. The zero-order valence-electron chi connectivity index (χ0n) is 20.7. The van der Waals surface area contributed by atoms with Gasteiger partial charge in [-0.3, -0.25) is 4.79 Å². The van der Waals surface area contributed by atoms with Crippen molar-refractivity contribution in [2.45, 2.75) is 56.4 Å². The van der Waals surface area contributed by atoms with E-state index in [9.17, 15) is 9.35 Å². The molecule has 1 unspecified atom stereocenters. The quantitative estimate of drug-likeness (QED) is 0.330. The summed E-state index contributed by atoms with van der Waals surface area (Å²) in [6.45, 7) is 3.08. The molecule has 0 N–H and O–H groups in total. The summed E-state index contributed by atoms with van der Waals surface area (Å²) in [5.74, 6) is -0.185. The number of hydrogen-bond acceptors (Lipinski definition) is 8. The normalized spacial score (nSPS) is 22.0. The van der Waals surface area contributed by atoms with Crippen molar-refractivity contribution in [2.75, 3.05) is 19.8 Å². The van der Waals surface area contributed by atoms with Crippen molar-refractivity contribution in [3.63, 3.8) is 0 Å². The van der Waals surface area contributed by atoms with Crippen LogP contribution in [0.1, 0.15) is 66.3 Å². The molecule has 2 atom stereocenters. The van der Waals surface area contributed by atoms with E-state index < -0.39 is 22.7 Å². The van der Waals surface area contributed by atoms with Crippen molar-refractivity contribution in [1.82, 2.24) is 14.4 Å². The molecule has 0 aliphatic carbocycles. The molecule has 2 aliphatic rings. The third kappa shape index (κ3) is 5.57. The zero-order chi connectivity index (χ0) is 25.8. The Kier molecular flexibility index (Phi) is 7.89. The number of halogens is 1. The second kappa shape index (κ2) is 11.3. The molecule has 0 amide bonds. The number of rotatable bonds is 7. The third-order valence-corrected chi connectivity index (χ3v) is 8.95. The molecule has 2 aromatic carbocycles. The van der Waals surface area contributed by atoms with E-state index in [1.54, 1.807) is 6.07 Å². The third-order valence-electron chi connectivity index (χ3n) is 7.14. The van der Waals surface area contributed by atoms with Gasteiger partial charge in [0.25, 0.3) is 5.89 Å². The van der Waals surface area contributed by atoms with E-state index in [-0.39, 0.29) is 30.1 Å². The number of carbonyl (C=O) groups is 1. The lowest BCUT2D eigenvalue weighted by molar-refractivity contribution is -0.143. The van der Waals surface area contributed by atoms with Crippen molar-refractivity contribution >= 4 is 17.3 Å². The highest BCUT2D eigenvalue weighted by molar-refractivity contribution is 7.89. The molecule has 2 saturated heterocycles. The van der Waals surface area contributed by atoms with Gasteiger partial charge in [-0.05, 0) is 30.9 Å². The van der Waals surface area contributed by atoms with Gasteiger partial charge in [0.1, 0.15) is 5.82 Å². The lowest BCUT2D eigenvalue weighted by Crippen LogP contribution is -2.39. The second-order valence-electron chi connectivity index (χ2n) is 9.47. The number of esters is 1. The number of hydrogen-bond donors (Lipinski definition) is 0. The first-order valence-electron chi connectivity index (χ1n) is 12.5. The van der Waals surface area contributed by atoms with Gasteiger partial charge in [0.2, 0.25) is 0 Å². The summed E-state index contributed by atoms with van der Waals surface area (Å²) >= 11 is -1.24. The molecular formula is C27H30FN3O5S. The Hall–Kier alpha value is -2.79. The average Bonchev–Trinajstić information content (AvgIpc) is 3.40. The Labute approximate surface area is 218 Å². The fourth-order valence-electron chi connectivity index (χ4n) is 5.11. The van der Waals surface area contributed by atoms with Gasteiger partial charge < -0.3 is 18.5 Å². The van der Waals surface area contributed by atoms with Crippen LogP contribution < -0.4 is 0 Å². The number of benzene rings is 2.